The fraction of sp³-hybridized carbons (Fsp3) is 0.500. The van der Waals surface area contributed by atoms with Crippen molar-refractivity contribution in [2.24, 2.45) is 5.73 Å². The van der Waals surface area contributed by atoms with E-state index in [-0.39, 0.29) is 6.41 Å². The van der Waals surface area contributed by atoms with Gasteiger partial charge in [-0.15, -0.1) is 0 Å². The number of rotatable bonds is 0. The summed E-state index contributed by atoms with van der Waals surface area (Å²) in [6.07, 6.45) is 0.250. The summed E-state index contributed by atoms with van der Waals surface area (Å²) < 4.78 is 19.2. The number of hydrogen-bond acceptors (Lipinski definition) is 1. The summed E-state index contributed by atoms with van der Waals surface area (Å²) in [5.74, 6) is 0. The molecule has 6 heavy (non-hydrogen) atoms. The average molecular weight is 97.1 g/mol. The fourth-order valence-electron chi connectivity index (χ4n) is 0. The predicted octanol–water partition coefficient (Wildman–Crippen LogP) is -0.0156. The van der Waals surface area contributed by atoms with Crippen LogP contribution >= 0.6 is 0 Å². The molecule has 0 aromatic carbocycles. The molecule has 0 rings (SSSR count). The third-order valence-electron chi connectivity index (χ3n) is 0. The molecule has 0 saturated carbocycles. The fourth-order valence-corrected chi connectivity index (χ4v) is 0. The number of primary amides is 1. The maximum Gasteiger partial charge on any atom is 0.229 e. The first-order valence-corrected chi connectivity index (χ1v) is 1.10. The lowest BCUT2D eigenvalue weighted by atomic mass is 11.5. The van der Waals surface area contributed by atoms with Gasteiger partial charge in [0.05, 0.1) is 0 Å². The highest BCUT2D eigenvalue weighted by Gasteiger charge is 1.44. The van der Waals surface area contributed by atoms with E-state index in [1.54, 1.807) is 0 Å². The van der Waals surface area contributed by atoms with Gasteiger partial charge in [0.2, 0.25) is 13.3 Å². The van der Waals surface area contributed by atoms with Crippen molar-refractivity contribution in [1.82, 2.24) is 0 Å². The molecule has 0 radical (unpaired) electrons. The Bertz CT molecular complexity index is 25.5. The molecule has 0 bridgehead atoms. The second-order valence-electron chi connectivity index (χ2n) is 0.237. The summed E-state index contributed by atoms with van der Waals surface area (Å²) >= 11 is 0. The molecule has 38 valence electrons. The molecular weight excluding hydrogens is 92.0 g/mol. The number of halogens is 2. The Morgan fingerprint density at radius 3 is 1.67 bits per heavy atom. The van der Waals surface area contributed by atoms with Gasteiger partial charge in [-0.3, -0.25) is 4.79 Å². The number of amides is 1. The second-order valence-corrected chi connectivity index (χ2v) is 0.237. The van der Waals surface area contributed by atoms with Gasteiger partial charge in [0.15, 0.2) is 0 Å². The van der Waals surface area contributed by atoms with Crippen molar-refractivity contribution in [3.63, 3.8) is 0 Å². The number of carbonyl (C=O) groups is 1. The maximum absolute atomic E-state index is 9.62. The zero-order chi connectivity index (χ0) is 5.41. The normalized spacial score (nSPS) is 5.00. The highest BCUT2D eigenvalue weighted by Crippen LogP contribution is 1.56. The Morgan fingerprint density at radius 1 is 1.67 bits per heavy atom. The topological polar surface area (TPSA) is 43.1 Å². The molecule has 2 N–H and O–H groups in total. The number of hydrogen-bond donors (Lipinski definition) is 1. The van der Waals surface area contributed by atoms with Crippen molar-refractivity contribution in [2.75, 3.05) is 6.93 Å². The lowest BCUT2D eigenvalue weighted by Crippen LogP contribution is -1.82. The standard InChI is InChI=1S/CH2F2.CH3NO/c2*2-1-3/h1H2;1H,(H2,2,3). The van der Waals surface area contributed by atoms with Crippen LogP contribution in [0.15, 0.2) is 0 Å². The van der Waals surface area contributed by atoms with Gasteiger partial charge in [0, 0.05) is 0 Å². The van der Waals surface area contributed by atoms with Crippen LogP contribution in [0.1, 0.15) is 0 Å². The van der Waals surface area contributed by atoms with E-state index in [2.05, 4.69) is 5.73 Å². The predicted molar refractivity (Wildman–Crippen MR) is 17.3 cm³/mol. The molecule has 2 nitrogen and oxygen atoms in total. The van der Waals surface area contributed by atoms with Crippen LogP contribution in [-0.4, -0.2) is 13.3 Å². The van der Waals surface area contributed by atoms with Crippen LogP contribution in [0.25, 0.3) is 0 Å². The zero-order valence-corrected chi connectivity index (χ0v) is 3.03. The van der Waals surface area contributed by atoms with E-state index in [0.29, 0.717) is 0 Å². The van der Waals surface area contributed by atoms with Crippen molar-refractivity contribution in [3.05, 3.63) is 0 Å². The molecule has 0 heterocycles. The molecule has 0 aliphatic rings. The first-order chi connectivity index (χ1) is 2.83. The third-order valence-corrected chi connectivity index (χ3v) is 0. The van der Waals surface area contributed by atoms with Crippen LogP contribution in [0.2, 0.25) is 0 Å². The Balaban J connectivity index is 0. The molecule has 4 heteroatoms. The molecule has 0 fully saturated rings. The Kier molecular flexibility index (Phi) is 40.8. The number of alkyl halides is 2. The smallest absolute Gasteiger partial charge is 0.229 e. The molecular formula is C2H5F2NO. The van der Waals surface area contributed by atoms with Crippen molar-refractivity contribution < 1.29 is 13.6 Å². The van der Waals surface area contributed by atoms with Crippen LogP contribution in [0, 0.1) is 0 Å². The van der Waals surface area contributed by atoms with Gasteiger partial charge in [0.1, 0.15) is 0 Å². The molecule has 0 atom stereocenters. The largest absolute Gasteiger partial charge is 0.372 e. The van der Waals surface area contributed by atoms with Gasteiger partial charge in [-0.2, -0.15) is 0 Å². The van der Waals surface area contributed by atoms with E-state index in [4.69, 9.17) is 4.79 Å². The summed E-state index contributed by atoms with van der Waals surface area (Å²) in [5.41, 5.74) is 4.17. The van der Waals surface area contributed by atoms with E-state index >= 15 is 0 Å². The van der Waals surface area contributed by atoms with E-state index in [1.807, 2.05) is 0 Å². The molecule has 0 aliphatic heterocycles. The highest BCUT2D eigenvalue weighted by atomic mass is 19.3. The Labute approximate surface area is 33.9 Å². The minimum Gasteiger partial charge on any atom is -0.372 e. The molecule has 0 saturated heterocycles. The Hall–Kier alpha value is -0.670. The van der Waals surface area contributed by atoms with Crippen molar-refractivity contribution >= 4 is 6.41 Å². The summed E-state index contributed by atoms with van der Waals surface area (Å²) in [7, 11) is 0. The first kappa shape index (κ1) is 9.01. The van der Waals surface area contributed by atoms with E-state index in [1.165, 1.54) is 0 Å². The monoisotopic (exact) mass is 97.0 g/mol. The molecule has 0 spiro atoms. The first-order valence-electron chi connectivity index (χ1n) is 1.10. The van der Waals surface area contributed by atoms with Gasteiger partial charge in [-0.1, -0.05) is 0 Å². The SMILES string of the molecule is FCF.NC=O. The maximum atomic E-state index is 9.62. The van der Waals surface area contributed by atoms with Gasteiger partial charge < -0.3 is 5.73 Å². The van der Waals surface area contributed by atoms with Crippen molar-refractivity contribution in [3.8, 4) is 0 Å². The minimum atomic E-state index is -1.75. The van der Waals surface area contributed by atoms with Crippen LogP contribution in [0.3, 0.4) is 0 Å². The summed E-state index contributed by atoms with van der Waals surface area (Å²) in [4.78, 5) is 8.58. The van der Waals surface area contributed by atoms with Crippen molar-refractivity contribution in [1.29, 1.82) is 0 Å². The second kappa shape index (κ2) is 27.1. The molecule has 0 aliphatic carbocycles. The van der Waals surface area contributed by atoms with Gasteiger partial charge in [0.25, 0.3) is 0 Å². The zero-order valence-electron chi connectivity index (χ0n) is 3.03. The van der Waals surface area contributed by atoms with E-state index in [9.17, 15) is 8.78 Å². The summed E-state index contributed by atoms with van der Waals surface area (Å²) in [5, 5.41) is 0. The minimum absolute atomic E-state index is 0.250. The number of carbonyl (C=O) groups excluding carboxylic acids is 1. The van der Waals surface area contributed by atoms with Crippen LogP contribution < -0.4 is 5.73 Å². The highest BCUT2D eigenvalue weighted by molar-refractivity contribution is 5.42. The number of nitrogens with two attached hydrogens (primary N) is 1. The van der Waals surface area contributed by atoms with E-state index < -0.39 is 6.93 Å². The van der Waals surface area contributed by atoms with E-state index in [0.717, 1.165) is 0 Å². The lowest BCUT2D eigenvalue weighted by Gasteiger charge is -1.42. The average Bonchev–Trinajstić information content (AvgIpc) is 1.39. The molecule has 1 amide bonds. The molecule has 0 aromatic heterocycles. The third kappa shape index (κ3) is 40.3. The molecule has 0 aromatic rings. The summed E-state index contributed by atoms with van der Waals surface area (Å²) in [6.45, 7) is -1.75. The van der Waals surface area contributed by atoms with Gasteiger partial charge >= 0.3 is 0 Å². The Morgan fingerprint density at radius 2 is 1.67 bits per heavy atom. The van der Waals surface area contributed by atoms with Crippen molar-refractivity contribution in [2.45, 2.75) is 0 Å². The van der Waals surface area contributed by atoms with Crippen LogP contribution in [-0.2, 0) is 4.79 Å². The summed E-state index contributed by atoms with van der Waals surface area (Å²) in [6, 6.07) is 0. The molecule has 0 unspecified atom stereocenters. The van der Waals surface area contributed by atoms with Gasteiger partial charge in [-0.05, 0) is 0 Å². The quantitative estimate of drug-likeness (QED) is 0.424. The van der Waals surface area contributed by atoms with Crippen LogP contribution in [0.4, 0.5) is 8.78 Å². The lowest BCUT2D eigenvalue weighted by molar-refractivity contribution is -0.106. The van der Waals surface area contributed by atoms with Crippen LogP contribution in [0.5, 0.6) is 0 Å². The van der Waals surface area contributed by atoms with Gasteiger partial charge in [-0.25, -0.2) is 8.78 Å².